The summed E-state index contributed by atoms with van der Waals surface area (Å²) in [4.78, 5) is 11.3. The molecule has 2 aromatic carbocycles. The molecular formula is C13H9NO2. The van der Waals surface area contributed by atoms with E-state index in [1.807, 2.05) is 36.4 Å². The summed E-state index contributed by atoms with van der Waals surface area (Å²) >= 11 is 0. The Labute approximate surface area is 91.1 Å². The largest absolute Gasteiger partial charge is 0.421 e. The van der Waals surface area contributed by atoms with Crippen molar-refractivity contribution in [3.63, 3.8) is 0 Å². The molecule has 0 amide bonds. The van der Waals surface area contributed by atoms with Gasteiger partial charge in [0.05, 0.1) is 0 Å². The van der Waals surface area contributed by atoms with Gasteiger partial charge >= 0.3 is 5.63 Å². The maximum Gasteiger partial charge on any atom is 0.359 e. The van der Waals surface area contributed by atoms with E-state index >= 15 is 0 Å². The van der Waals surface area contributed by atoms with Crippen molar-refractivity contribution >= 4 is 27.4 Å². The number of hydrogen-bond donors (Lipinski definition) is 1. The molecule has 0 saturated heterocycles. The van der Waals surface area contributed by atoms with Crippen LogP contribution in [0.5, 0.6) is 0 Å². The number of rotatable bonds is 0. The maximum absolute atomic E-state index is 11.3. The molecule has 0 aliphatic carbocycles. The Bertz CT molecular complexity index is 744. The second-order valence-electron chi connectivity index (χ2n) is 3.73. The molecule has 3 aromatic rings. The second-order valence-corrected chi connectivity index (χ2v) is 3.73. The fraction of sp³-hybridized carbons (Fsp3) is 0. The van der Waals surface area contributed by atoms with Crippen LogP contribution in [0.25, 0.3) is 21.7 Å². The molecule has 1 heterocycles. The molecule has 0 spiro atoms. The summed E-state index contributed by atoms with van der Waals surface area (Å²) in [5.74, 6) is 0. The normalized spacial score (nSPS) is 11.0. The van der Waals surface area contributed by atoms with Gasteiger partial charge in [0.15, 0.2) is 0 Å². The summed E-state index contributed by atoms with van der Waals surface area (Å²) in [6, 6.07) is 13.4. The van der Waals surface area contributed by atoms with E-state index in [-0.39, 0.29) is 5.69 Å². The molecule has 3 nitrogen and oxygen atoms in total. The van der Waals surface area contributed by atoms with Crippen molar-refractivity contribution in [3.05, 3.63) is 52.9 Å². The van der Waals surface area contributed by atoms with Gasteiger partial charge in [-0.25, -0.2) is 4.79 Å². The Balaban J connectivity index is 2.51. The van der Waals surface area contributed by atoms with E-state index in [4.69, 9.17) is 10.2 Å². The number of hydrogen-bond acceptors (Lipinski definition) is 3. The molecule has 0 radical (unpaired) electrons. The van der Waals surface area contributed by atoms with Gasteiger partial charge in [-0.3, -0.25) is 0 Å². The second kappa shape index (κ2) is 3.10. The topological polar surface area (TPSA) is 56.2 Å². The molecule has 0 atom stereocenters. The van der Waals surface area contributed by atoms with E-state index in [9.17, 15) is 4.79 Å². The summed E-state index contributed by atoms with van der Waals surface area (Å²) in [5.41, 5.74) is 5.75. The van der Waals surface area contributed by atoms with Crippen molar-refractivity contribution in [2.24, 2.45) is 0 Å². The van der Waals surface area contributed by atoms with Crippen LogP contribution in [0.2, 0.25) is 0 Å². The first kappa shape index (κ1) is 8.97. The Hall–Kier alpha value is -2.29. The van der Waals surface area contributed by atoms with Crippen LogP contribution in [0.4, 0.5) is 5.69 Å². The SMILES string of the molecule is Nc1cc2cc3ccccc3cc2oc1=O. The van der Waals surface area contributed by atoms with Crippen molar-refractivity contribution < 1.29 is 4.42 Å². The average Bonchev–Trinajstić information content (AvgIpc) is 2.28. The quantitative estimate of drug-likeness (QED) is 0.459. The van der Waals surface area contributed by atoms with Gasteiger partial charge in [-0.1, -0.05) is 24.3 Å². The highest BCUT2D eigenvalue weighted by Crippen LogP contribution is 2.22. The van der Waals surface area contributed by atoms with Gasteiger partial charge in [0.25, 0.3) is 0 Å². The summed E-state index contributed by atoms with van der Waals surface area (Å²) < 4.78 is 5.12. The molecule has 0 aliphatic heterocycles. The number of fused-ring (bicyclic) bond motifs is 2. The highest BCUT2D eigenvalue weighted by Gasteiger charge is 2.03. The van der Waals surface area contributed by atoms with Crippen molar-refractivity contribution in [1.82, 2.24) is 0 Å². The number of nitrogens with two attached hydrogens (primary N) is 1. The van der Waals surface area contributed by atoms with E-state index in [0.29, 0.717) is 5.58 Å². The van der Waals surface area contributed by atoms with Gasteiger partial charge in [0.2, 0.25) is 0 Å². The molecule has 78 valence electrons. The number of anilines is 1. The van der Waals surface area contributed by atoms with Gasteiger partial charge < -0.3 is 10.2 Å². The minimum absolute atomic E-state index is 0.141. The van der Waals surface area contributed by atoms with Crippen LogP contribution < -0.4 is 11.4 Å². The summed E-state index contributed by atoms with van der Waals surface area (Å²) in [5, 5.41) is 2.99. The van der Waals surface area contributed by atoms with Crippen LogP contribution in [0, 0.1) is 0 Å². The molecule has 16 heavy (non-hydrogen) atoms. The van der Waals surface area contributed by atoms with Gasteiger partial charge in [0.1, 0.15) is 11.3 Å². The van der Waals surface area contributed by atoms with Crippen molar-refractivity contribution in [2.75, 3.05) is 5.73 Å². The fourth-order valence-electron chi connectivity index (χ4n) is 1.82. The summed E-state index contributed by atoms with van der Waals surface area (Å²) in [7, 11) is 0. The first-order valence-electron chi connectivity index (χ1n) is 4.96. The van der Waals surface area contributed by atoms with Crippen LogP contribution >= 0.6 is 0 Å². The Morgan fingerprint density at radius 2 is 1.62 bits per heavy atom. The third-order valence-electron chi connectivity index (χ3n) is 2.63. The van der Waals surface area contributed by atoms with Crippen LogP contribution in [0.1, 0.15) is 0 Å². The van der Waals surface area contributed by atoms with E-state index in [1.54, 1.807) is 6.07 Å². The third-order valence-corrected chi connectivity index (χ3v) is 2.63. The van der Waals surface area contributed by atoms with Gasteiger partial charge in [-0.2, -0.15) is 0 Å². The maximum atomic E-state index is 11.3. The van der Waals surface area contributed by atoms with E-state index in [2.05, 4.69) is 0 Å². The molecule has 1 aromatic heterocycles. The van der Waals surface area contributed by atoms with Crippen molar-refractivity contribution in [1.29, 1.82) is 0 Å². The predicted octanol–water partition coefficient (Wildman–Crippen LogP) is 2.53. The standard InChI is InChI=1S/C13H9NO2/c14-11-6-10-5-8-3-1-2-4-9(8)7-12(10)16-13(11)15/h1-7H,14H2. The monoisotopic (exact) mass is 211 g/mol. The molecule has 0 bridgehead atoms. The van der Waals surface area contributed by atoms with Crippen LogP contribution in [-0.2, 0) is 0 Å². The lowest BCUT2D eigenvalue weighted by molar-refractivity contribution is 0.565. The highest BCUT2D eigenvalue weighted by molar-refractivity contribution is 5.96. The fourth-order valence-corrected chi connectivity index (χ4v) is 1.82. The zero-order valence-electron chi connectivity index (χ0n) is 8.44. The number of benzene rings is 2. The smallest absolute Gasteiger partial charge is 0.359 e. The van der Waals surface area contributed by atoms with E-state index in [1.165, 1.54) is 0 Å². The lowest BCUT2D eigenvalue weighted by Crippen LogP contribution is -2.05. The molecule has 3 heteroatoms. The van der Waals surface area contributed by atoms with Crippen molar-refractivity contribution in [3.8, 4) is 0 Å². The first-order valence-corrected chi connectivity index (χ1v) is 4.96. The van der Waals surface area contributed by atoms with Gasteiger partial charge in [0, 0.05) is 5.39 Å². The third kappa shape index (κ3) is 1.26. The van der Waals surface area contributed by atoms with Crippen LogP contribution in [-0.4, -0.2) is 0 Å². The molecule has 0 aliphatic rings. The van der Waals surface area contributed by atoms with E-state index in [0.717, 1.165) is 16.2 Å². The summed E-state index contributed by atoms with van der Waals surface area (Å²) in [6.07, 6.45) is 0. The average molecular weight is 211 g/mol. The van der Waals surface area contributed by atoms with E-state index < -0.39 is 5.63 Å². The lowest BCUT2D eigenvalue weighted by atomic mass is 10.1. The molecule has 0 fully saturated rings. The zero-order valence-corrected chi connectivity index (χ0v) is 8.44. The lowest BCUT2D eigenvalue weighted by Gasteiger charge is -2.01. The predicted molar refractivity (Wildman–Crippen MR) is 64.4 cm³/mol. The minimum atomic E-state index is -0.484. The Kier molecular flexibility index (Phi) is 1.74. The number of nitrogen functional groups attached to an aromatic ring is 1. The van der Waals surface area contributed by atoms with Crippen molar-refractivity contribution in [2.45, 2.75) is 0 Å². The highest BCUT2D eigenvalue weighted by atomic mass is 16.4. The van der Waals surface area contributed by atoms with Gasteiger partial charge in [-0.05, 0) is 29.0 Å². The Morgan fingerprint density at radius 3 is 2.38 bits per heavy atom. The Morgan fingerprint density at radius 1 is 0.938 bits per heavy atom. The van der Waals surface area contributed by atoms with Crippen LogP contribution in [0.3, 0.4) is 0 Å². The van der Waals surface area contributed by atoms with Gasteiger partial charge in [-0.15, -0.1) is 0 Å². The first-order chi connectivity index (χ1) is 7.74. The molecule has 0 unspecified atom stereocenters. The molecule has 2 N–H and O–H groups in total. The van der Waals surface area contributed by atoms with Crippen LogP contribution in [0.15, 0.2) is 51.7 Å². The minimum Gasteiger partial charge on any atom is -0.421 e. The molecular weight excluding hydrogens is 202 g/mol. The molecule has 0 saturated carbocycles. The molecule has 3 rings (SSSR count). The summed E-state index contributed by atoms with van der Waals surface area (Å²) in [6.45, 7) is 0. The zero-order chi connectivity index (χ0) is 11.1.